The average Bonchev–Trinajstić information content (AvgIpc) is 2.44. The molecular formula is C16H21N3O2. The Balaban J connectivity index is 2.01. The van der Waals surface area contributed by atoms with Crippen molar-refractivity contribution < 1.29 is 4.74 Å². The van der Waals surface area contributed by atoms with E-state index in [2.05, 4.69) is 18.8 Å². The Morgan fingerprint density at radius 2 is 2.10 bits per heavy atom. The van der Waals surface area contributed by atoms with Crippen LogP contribution in [-0.2, 0) is 13.0 Å². The Bertz CT molecular complexity index is 650. The van der Waals surface area contributed by atoms with Gasteiger partial charge in [-0.2, -0.15) is 0 Å². The minimum atomic E-state index is -0.188. The number of hydrogen-bond acceptors (Lipinski definition) is 4. The van der Waals surface area contributed by atoms with Crippen molar-refractivity contribution in [3.05, 3.63) is 52.6 Å². The first-order valence-corrected chi connectivity index (χ1v) is 7.09. The maximum Gasteiger partial charge on any atom is 0.313 e. The molecule has 21 heavy (non-hydrogen) atoms. The van der Waals surface area contributed by atoms with Gasteiger partial charge in [-0.05, 0) is 17.5 Å². The summed E-state index contributed by atoms with van der Waals surface area (Å²) >= 11 is 0. The molecular weight excluding hydrogens is 266 g/mol. The monoisotopic (exact) mass is 287 g/mol. The first-order chi connectivity index (χ1) is 10.1. The van der Waals surface area contributed by atoms with Gasteiger partial charge in [-0.1, -0.05) is 32.0 Å². The van der Waals surface area contributed by atoms with Gasteiger partial charge < -0.3 is 15.0 Å². The summed E-state index contributed by atoms with van der Waals surface area (Å²) in [6.07, 6.45) is 3.92. The standard InChI is InChI=1S/C16H21N3O2/c1-12(2)11-19-9-8-18-15(16(19)20)21-10-7-13-5-3-4-6-14(13)17/h3-6,8-9,12H,7,10-11,17H2,1-2H3. The third-order valence-electron chi connectivity index (χ3n) is 3.11. The fourth-order valence-electron chi connectivity index (χ4n) is 2.08. The van der Waals surface area contributed by atoms with Gasteiger partial charge >= 0.3 is 5.56 Å². The van der Waals surface area contributed by atoms with Crippen molar-refractivity contribution in [3.63, 3.8) is 0 Å². The van der Waals surface area contributed by atoms with Gasteiger partial charge in [0.05, 0.1) is 6.61 Å². The summed E-state index contributed by atoms with van der Waals surface area (Å²) in [5, 5.41) is 0. The van der Waals surface area contributed by atoms with Gasteiger partial charge in [0.25, 0.3) is 5.88 Å². The highest BCUT2D eigenvalue weighted by atomic mass is 16.5. The molecule has 2 rings (SSSR count). The van der Waals surface area contributed by atoms with Crippen LogP contribution in [0.15, 0.2) is 41.5 Å². The lowest BCUT2D eigenvalue weighted by Crippen LogP contribution is -2.25. The van der Waals surface area contributed by atoms with E-state index in [0.29, 0.717) is 25.5 Å². The van der Waals surface area contributed by atoms with E-state index in [-0.39, 0.29) is 11.4 Å². The molecule has 0 spiro atoms. The van der Waals surface area contributed by atoms with Crippen LogP contribution in [0.5, 0.6) is 5.88 Å². The molecule has 2 aromatic rings. The molecule has 0 amide bonds. The highest BCUT2D eigenvalue weighted by Gasteiger charge is 2.07. The Labute approximate surface area is 124 Å². The molecule has 112 valence electrons. The van der Waals surface area contributed by atoms with Crippen LogP contribution in [0.25, 0.3) is 0 Å². The maximum atomic E-state index is 12.2. The summed E-state index contributed by atoms with van der Waals surface area (Å²) in [6, 6.07) is 7.63. The molecule has 0 unspecified atom stereocenters. The highest BCUT2D eigenvalue weighted by molar-refractivity contribution is 5.46. The van der Waals surface area contributed by atoms with E-state index in [9.17, 15) is 4.79 Å². The summed E-state index contributed by atoms with van der Waals surface area (Å²) < 4.78 is 7.15. The zero-order valence-electron chi connectivity index (χ0n) is 12.5. The Kier molecular flexibility index (Phi) is 4.98. The van der Waals surface area contributed by atoms with Crippen molar-refractivity contribution in [1.82, 2.24) is 9.55 Å². The molecule has 0 atom stereocenters. The van der Waals surface area contributed by atoms with Crippen molar-refractivity contribution >= 4 is 5.69 Å². The summed E-state index contributed by atoms with van der Waals surface area (Å²) in [7, 11) is 0. The SMILES string of the molecule is CC(C)Cn1ccnc(OCCc2ccccc2N)c1=O. The number of para-hydroxylation sites is 1. The number of ether oxygens (including phenoxy) is 1. The van der Waals surface area contributed by atoms with Crippen LogP contribution in [0.1, 0.15) is 19.4 Å². The number of hydrogen-bond donors (Lipinski definition) is 1. The molecule has 1 heterocycles. The van der Waals surface area contributed by atoms with Gasteiger partial charge in [-0.15, -0.1) is 0 Å². The third-order valence-corrected chi connectivity index (χ3v) is 3.11. The topological polar surface area (TPSA) is 70.1 Å². The Morgan fingerprint density at radius 1 is 1.33 bits per heavy atom. The van der Waals surface area contributed by atoms with Gasteiger partial charge in [-0.3, -0.25) is 4.79 Å². The number of anilines is 1. The minimum absolute atomic E-state index is 0.146. The predicted octanol–water partition coefficient (Wildman–Crippen LogP) is 2.10. The van der Waals surface area contributed by atoms with Crippen LogP contribution in [0.3, 0.4) is 0 Å². The summed E-state index contributed by atoms with van der Waals surface area (Å²) in [5.41, 5.74) is 7.43. The van der Waals surface area contributed by atoms with Crippen molar-refractivity contribution in [2.45, 2.75) is 26.8 Å². The van der Waals surface area contributed by atoms with Crippen molar-refractivity contribution in [2.24, 2.45) is 5.92 Å². The van der Waals surface area contributed by atoms with E-state index >= 15 is 0 Å². The Morgan fingerprint density at radius 3 is 2.81 bits per heavy atom. The first-order valence-electron chi connectivity index (χ1n) is 7.09. The third kappa shape index (κ3) is 4.08. The van der Waals surface area contributed by atoms with Crippen LogP contribution in [0.4, 0.5) is 5.69 Å². The van der Waals surface area contributed by atoms with Crippen molar-refractivity contribution in [3.8, 4) is 5.88 Å². The van der Waals surface area contributed by atoms with Gasteiger partial charge in [0.1, 0.15) is 0 Å². The van der Waals surface area contributed by atoms with E-state index < -0.39 is 0 Å². The maximum absolute atomic E-state index is 12.2. The molecule has 0 bridgehead atoms. The number of rotatable bonds is 6. The molecule has 5 nitrogen and oxygen atoms in total. The van der Waals surface area contributed by atoms with Gasteiger partial charge in [-0.25, -0.2) is 4.98 Å². The van der Waals surface area contributed by atoms with Gasteiger partial charge in [0.2, 0.25) is 0 Å². The van der Waals surface area contributed by atoms with Crippen molar-refractivity contribution in [2.75, 3.05) is 12.3 Å². The molecule has 1 aromatic carbocycles. The van der Waals surface area contributed by atoms with Crippen LogP contribution in [0, 0.1) is 5.92 Å². The minimum Gasteiger partial charge on any atom is -0.473 e. The number of nitrogen functional groups attached to an aromatic ring is 1. The number of nitrogens with two attached hydrogens (primary N) is 1. The molecule has 1 aromatic heterocycles. The lowest BCUT2D eigenvalue weighted by molar-refractivity contribution is 0.300. The Hall–Kier alpha value is -2.30. The highest BCUT2D eigenvalue weighted by Crippen LogP contribution is 2.11. The molecule has 0 saturated carbocycles. The zero-order chi connectivity index (χ0) is 15.2. The number of aromatic nitrogens is 2. The van der Waals surface area contributed by atoms with Crippen LogP contribution in [0.2, 0.25) is 0 Å². The number of benzene rings is 1. The first kappa shape index (κ1) is 15.1. The van der Waals surface area contributed by atoms with Crippen LogP contribution in [-0.4, -0.2) is 16.2 Å². The molecule has 0 radical (unpaired) electrons. The van der Waals surface area contributed by atoms with E-state index in [0.717, 1.165) is 11.3 Å². The van der Waals surface area contributed by atoms with Gasteiger partial charge in [0, 0.05) is 31.0 Å². The lowest BCUT2D eigenvalue weighted by Gasteiger charge is -2.10. The zero-order valence-corrected chi connectivity index (χ0v) is 12.5. The smallest absolute Gasteiger partial charge is 0.313 e. The second-order valence-electron chi connectivity index (χ2n) is 5.38. The van der Waals surface area contributed by atoms with E-state index in [1.807, 2.05) is 24.3 Å². The average molecular weight is 287 g/mol. The van der Waals surface area contributed by atoms with E-state index in [1.165, 1.54) is 0 Å². The number of nitrogens with zero attached hydrogens (tertiary/aromatic N) is 2. The molecule has 0 aliphatic heterocycles. The van der Waals surface area contributed by atoms with Crippen LogP contribution >= 0.6 is 0 Å². The molecule has 0 aliphatic carbocycles. The molecule has 0 fully saturated rings. The largest absolute Gasteiger partial charge is 0.473 e. The molecule has 0 saturated heterocycles. The summed E-state index contributed by atoms with van der Waals surface area (Å²) in [4.78, 5) is 16.2. The van der Waals surface area contributed by atoms with Crippen molar-refractivity contribution in [1.29, 1.82) is 0 Å². The second kappa shape index (κ2) is 6.92. The summed E-state index contributed by atoms with van der Waals surface area (Å²) in [5.74, 6) is 0.537. The van der Waals surface area contributed by atoms with Gasteiger partial charge in [0.15, 0.2) is 0 Å². The molecule has 5 heteroatoms. The predicted molar refractivity (Wildman–Crippen MR) is 83.4 cm³/mol. The van der Waals surface area contributed by atoms with E-state index in [4.69, 9.17) is 10.5 Å². The molecule has 0 aliphatic rings. The fourth-order valence-corrected chi connectivity index (χ4v) is 2.08. The second-order valence-corrected chi connectivity index (χ2v) is 5.38. The lowest BCUT2D eigenvalue weighted by atomic mass is 10.1. The van der Waals surface area contributed by atoms with E-state index in [1.54, 1.807) is 17.0 Å². The normalized spacial score (nSPS) is 10.8. The molecule has 2 N–H and O–H groups in total. The quantitative estimate of drug-likeness (QED) is 0.826. The summed E-state index contributed by atoms with van der Waals surface area (Å²) in [6.45, 7) is 5.16. The van der Waals surface area contributed by atoms with Crippen LogP contribution < -0.4 is 16.0 Å². The fraction of sp³-hybridized carbons (Fsp3) is 0.375.